The van der Waals surface area contributed by atoms with E-state index in [0.29, 0.717) is 12.5 Å². The van der Waals surface area contributed by atoms with E-state index in [1.165, 1.54) is 0 Å². The van der Waals surface area contributed by atoms with Crippen LogP contribution >= 0.6 is 0 Å². The van der Waals surface area contributed by atoms with Crippen molar-refractivity contribution < 1.29 is 9.53 Å². The number of nitrogens with zero attached hydrogens (tertiary/aromatic N) is 2. The Kier molecular flexibility index (Phi) is 6.24. The molecule has 2 aliphatic rings. The lowest BCUT2D eigenvalue weighted by Crippen LogP contribution is -2.46. The van der Waals surface area contributed by atoms with E-state index in [2.05, 4.69) is 4.90 Å². The number of ether oxygens (including phenoxy) is 1. The molecule has 24 heavy (non-hydrogen) atoms. The molecule has 5 heteroatoms. The average molecular weight is 331 g/mol. The molecule has 0 aromatic heterocycles. The van der Waals surface area contributed by atoms with E-state index in [-0.39, 0.29) is 11.8 Å². The van der Waals surface area contributed by atoms with Crippen LogP contribution in [0.25, 0.3) is 0 Å². The molecule has 0 spiro atoms. The van der Waals surface area contributed by atoms with Gasteiger partial charge in [-0.1, -0.05) is 30.3 Å². The van der Waals surface area contributed by atoms with Crippen molar-refractivity contribution in [1.29, 1.82) is 0 Å². The molecule has 132 valence electrons. The van der Waals surface area contributed by atoms with Crippen LogP contribution in [0.5, 0.6) is 0 Å². The molecule has 2 heterocycles. The molecule has 1 atom stereocenters. The van der Waals surface area contributed by atoms with Gasteiger partial charge >= 0.3 is 0 Å². The van der Waals surface area contributed by atoms with Gasteiger partial charge in [0.25, 0.3) is 0 Å². The lowest BCUT2D eigenvalue weighted by Gasteiger charge is -2.37. The number of likely N-dealkylation sites (tertiary alicyclic amines) is 1. The summed E-state index contributed by atoms with van der Waals surface area (Å²) in [7, 11) is 0. The Morgan fingerprint density at radius 3 is 2.42 bits per heavy atom. The number of piperidine rings is 1. The average Bonchev–Trinajstić information content (AvgIpc) is 2.65. The Morgan fingerprint density at radius 1 is 1.12 bits per heavy atom. The highest BCUT2D eigenvalue weighted by molar-refractivity contribution is 5.84. The minimum absolute atomic E-state index is 0.188. The standard InChI is InChI=1S/C19H29N3O2/c20-14-18(17-4-2-1-3-5-17)19(23)22-8-6-16(7-9-22)15-21-10-12-24-13-11-21/h1-5,16,18H,6-15,20H2. The number of carbonyl (C=O) groups excluding carboxylic acids is 1. The molecule has 0 radical (unpaired) electrons. The number of hydrogen-bond donors (Lipinski definition) is 1. The highest BCUT2D eigenvalue weighted by atomic mass is 16.5. The summed E-state index contributed by atoms with van der Waals surface area (Å²) in [5.74, 6) is 0.677. The Hall–Kier alpha value is -1.43. The van der Waals surface area contributed by atoms with Crippen molar-refractivity contribution >= 4 is 5.91 Å². The molecule has 1 aromatic rings. The maximum absolute atomic E-state index is 12.8. The fourth-order valence-electron chi connectivity index (χ4n) is 3.77. The number of nitrogens with two attached hydrogens (primary N) is 1. The molecule has 2 N–H and O–H groups in total. The number of morpholine rings is 1. The first-order chi connectivity index (χ1) is 11.8. The second-order valence-electron chi connectivity index (χ2n) is 6.88. The number of amides is 1. The SMILES string of the molecule is NCC(C(=O)N1CCC(CN2CCOCC2)CC1)c1ccccc1. The molecule has 0 aliphatic carbocycles. The number of rotatable bonds is 5. The zero-order valence-corrected chi connectivity index (χ0v) is 14.4. The van der Waals surface area contributed by atoms with Gasteiger partial charge in [-0.25, -0.2) is 0 Å². The quantitative estimate of drug-likeness (QED) is 0.883. The molecule has 2 saturated heterocycles. The largest absolute Gasteiger partial charge is 0.379 e. The van der Waals surface area contributed by atoms with Crippen LogP contribution in [-0.4, -0.2) is 68.2 Å². The normalized spacial score (nSPS) is 21.6. The molecular formula is C19H29N3O2. The number of carbonyl (C=O) groups is 1. The number of hydrogen-bond acceptors (Lipinski definition) is 4. The molecule has 1 aromatic carbocycles. The van der Waals surface area contributed by atoms with Crippen LogP contribution < -0.4 is 5.73 Å². The van der Waals surface area contributed by atoms with E-state index in [1.54, 1.807) is 0 Å². The smallest absolute Gasteiger partial charge is 0.231 e. The van der Waals surface area contributed by atoms with Crippen molar-refractivity contribution in [2.45, 2.75) is 18.8 Å². The molecule has 0 saturated carbocycles. The topological polar surface area (TPSA) is 58.8 Å². The molecular weight excluding hydrogens is 302 g/mol. The van der Waals surface area contributed by atoms with Gasteiger partial charge in [0.15, 0.2) is 0 Å². The zero-order chi connectivity index (χ0) is 16.8. The first-order valence-electron chi connectivity index (χ1n) is 9.12. The van der Waals surface area contributed by atoms with Crippen LogP contribution in [0.15, 0.2) is 30.3 Å². The first-order valence-corrected chi connectivity index (χ1v) is 9.12. The first kappa shape index (κ1) is 17.4. The Balaban J connectivity index is 1.51. The second kappa shape index (κ2) is 8.60. The van der Waals surface area contributed by atoms with E-state index in [1.807, 2.05) is 35.2 Å². The van der Waals surface area contributed by atoms with Crippen molar-refractivity contribution in [2.75, 3.05) is 52.5 Å². The minimum Gasteiger partial charge on any atom is -0.379 e. The summed E-state index contributed by atoms with van der Waals surface area (Å²) in [5.41, 5.74) is 6.93. The lowest BCUT2D eigenvalue weighted by atomic mass is 9.93. The van der Waals surface area contributed by atoms with Crippen LogP contribution in [0.3, 0.4) is 0 Å². The van der Waals surface area contributed by atoms with Crippen LogP contribution in [0.4, 0.5) is 0 Å². The van der Waals surface area contributed by atoms with Crippen LogP contribution in [-0.2, 0) is 9.53 Å². The summed E-state index contributed by atoms with van der Waals surface area (Å²) in [6.45, 7) is 7.03. The molecule has 2 aliphatic heterocycles. The van der Waals surface area contributed by atoms with Gasteiger partial charge in [0.05, 0.1) is 19.1 Å². The van der Waals surface area contributed by atoms with Crippen molar-refractivity contribution in [3.63, 3.8) is 0 Å². The van der Waals surface area contributed by atoms with Gasteiger partial charge < -0.3 is 15.4 Å². The van der Waals surface area contributed by atoms with Crippen molar-refractivity contribution in [1.82, 2.24) is 9.80 Å². The maximum Gasteiger partial charge on any atom is 0.231 e. The second-order valence-corrected chi connectivity index (χ2v) is 6.88. The summed E-state index contributed by atoms with van der Waals surface area (Å²) < 4.78 is 5.41. The summed E-state index contributed by atoms with van der Waals surface area (Å²) in [4.78, 5) is 17.4. The Labute approximate surface area is 144 Å². The van der Waals surface area contributed by atoms with Gasteiger partial charge in [0.2, 0.25) is 5.91 Å². The number of benzene rings is 1. The minimum atomic E-state index is -0.206. The van der Waals surface area contributed by atoms with Gasteiger partial charge in [0.1, 0.15) is 0 Å². The molecule has 3 rings (SSSR count). The van der Waals surface area contributed by atoms with Crippen LogP contribution in [0.1, 0.15) is 24.3 Å². The van der Waals surface area contributed by atoms with Crippen molar-refractivity contribution in [3.05, 3.63) is 35.9 Å². The van der Waals surface area contributed by atoms with Gasteiger partial charge in [-0.15, -0.1) is 0 Å². The third-order valence-corrected chi connectivity index (χ3v) is 5.28. The van der Waals surface area contributed by atoms with Crippen molar-refractivity contribution in [3.8, 4) is 0 Å². The fourth-order valence-corrected chi connectivity index (χ4v) is 3.77. The Morgan fingerprint density at radius 2 is 1.79 bits per heavy atom. The summed E-state index contributed by atoms with van der Waals surface area (Å²) >= 11 is 0. The van der Waals surface area contributed by atoms with Gasteiger partial charge in [0, 0.05) is 39.3 Å². The zero-order valence-electron chi connectivity index (χ0n) is 14.4. The molecule has 5 nitrogen and oxygen atoms in total. The van der Waals surface area contributed by atoms with E-state index >= 15 is 0 Å². The monoisotopic (exact) mass is 331 g/mol. The summed E-state index contributed by atoms with van der Waals surface area (Å²) in [5, 5.41) is 0. The van der Waals surface area contributed by atoms with E-state index in [0.717, 1.165) is 64.3 Å². The Bertz CT molecular complexity index is 509. The third-order valence-electron chi connectivity index (χ3n) is 5.28. The molecule has 0 bridgehead atoms. The maximum atomic E-state index is 12.8. The third kappa shape index (κ3) is 4.35. The summed E-state index contributed by atoms with van der Waals surface area (Å²) in [6, 6.07) is 9.92. The predicted octanol–water partition coefficient (Wildman–Crippen LogP) is 1.30. The lowest BCUT2D eigenvalue weighted by molar-refractivity contribution is -0.134. The predicted molar refractivity (Wildman–Crippen MR) is 94.8 cm³/mol. The van der Waals surface area contributed by atoms with Gasteiger partial charge in [-0.05, 0) is 24.3 Å². The molecule has 2 fully saturated rings. The van der Waals surface area contributed by atoms with Gasteiger partial charge in [-0.2, -0.15) is 0 Å². The van der Waals surface area contributed by atoms with Crippen LogP contribution in [0, 0.1) is 5.92 Å². The van der Waals surface area contributed by atoms with Gasteiger partial charge in [-0.3, -0.25) is 9.69 Å². The highest BCUT2D eigenvalue weighted by Crippen LogP contribution is 2.23. The fraction of sp³-hybridized carbons (Fsp3) is 0.632. The molecule has 1 unspecified atom stereocenters. The summed E-state index contributed by atoms with van der Waals surface area (Å²) in [6.07, 6.45) is 2.18. The highest BCUT2D eigenvalue weighted by Gasteiger charge is 2.29. The van der Waals surface area contributed by atoms with E-state index < -0.39 is 0 Å². The van der Waals surface area contributed by atoms with Crippen LogP contribution in [0.2, 0.25) is 0 Å². The van der Waals surface area contributed by atoms with E-state index in [9.17, 15) is 4.79 Å². The molecule has 1 amide bonds. The van der Waals surface area contributed by atoms with E-state index in [4.69, 9.17) is 10.5 Å². The van der Waals surface area contributed by atoms with Crippen molar-refractivity contribution in [2.24, 2.45) is 11.7 Å².